The summed E-state index contributed by atoms with van der Waals surface area (Å²) in [4.78, 5) is 0. The van der Waals surface area contributed by atoms with Crippen molar-refractivity contribution in [2.45, 2.75) is 57.8 Å². The van der Waals surface area contributed by atoms with Crippen LogP contribution in [0.2, 0.25) is 0 Å². The molecule has 0 radical (unpaired) electrons. The monoisotopic (exact) mass is 388 g/mol. The fourth-order valence-corrected chi connectivity index (χ4v) is 4.88. The topological polar surface area (TPSA) is 0 Å². The van der Waals surface area contributed by atoms with Gasteiger partial charge in [0.05, 0.1) is 0 Å². The van der Waals surface area contributed by atoms with Crippen LogP contribution in [-0.2, 0) is 12.8 Å². The zero-order valence-electron chi connectivity index (χ0n) is 16.1. The zero-order valence-corrected chi connectivity index (χ0v) is 16.1. The first-order valence-corrected chi connectivity index (χ1v) is 10.1. The summed E-state index contributed by atoms with van der Waals surface area (Å²) in [6, 6.07) is 3.30. The molecule has 1 fully saturated rings. The average molecular weight is 388 g/mol. The van der Waals surface area contributed by atoms with Crippen LogP contribution in [0.5, 0.6) is 0 Å². The second-order valence-electron chi connectivity index (χ2n) is 8.10. The minimum Gasteiger partial charge on any atom is -0.203 e. The highest BCUT2D eigenvalue weighted by atomic mass is 19.2. The number of allylic oxidation sites excluding steroid dienone is 1. The maximum atomic E-state index is 15.0. The zero-order chi connectivity index (χ0) is 20.0. The summed E-state index contributed by atoms with van der Waals surface area (Å²) in [5.41, 5.74) is 1.57. The minimum atomic E-state index is -1.06. The van der Waals surface area contributed by atoms with Gasteiger partial charge in [-0.05, 0) is 72.6 Å². The van der Waals surface area contributed by atoms with Crippen molar-refractivity contribution in [3.63, 3.8) is 0 Å². The highest BCUT2D eigenvalue weighted by molar-refractivity contribution is 5.79. The fraction of sp³-hybridized carbons (Fsp3) is 0.417. The van der Waals surface area contributed by atoms with E-state index >= 15 is 4.39 Å². The van der Waals surface area contributed by atoms with Crippen molar-refractivity contribution in [3.8, 4) is 11.1 Å². The molecule has 2 aliphatic carbocycles. The van der Waals surface area contributed by atoms with Crippen molar-refractivity contribution in [3.05, 3.63) is 70.3 Å². The number of benzene rings is 2. The van der Waals surface area contributed by atoms with E-state index in [1.54, 1.807) is 12.1 Å². The lowest BCUT2D eigenvalue weighted by Crippen LogP contribution is -2.14. The van der Waals surface area contributed by atoms with Gasteiger partial charge in [0.25, 0.3) is 0 Å². The molecule has 4 rings (SSSR count). The van der Waals surface area contributed by atoms with Gasteiger partial charge in [0.2, 0.25) is 0 Å². The van der Waals surface area contributed by atoms with E-state index in [-0.39, 0.29) is 17.0 Å². The van der Waals surface area contributed by atoms with E-state index in [1.807, 2.05) is 13.0 Å². The Morgan fingerprint density at radius 1 is 0.893 bits per heavy atom. The van der Waals surface area contributed by atoms with Crippen LogP contribution in [0.3, 0.4) is 0 Å². The quantitative estimate of drug-likeness (QED) is 0.327. The third-order valence-corrected chi connectivity index (χ3v) is 6.38. The number of hydrogen-bond donors (Lipinski definition) is 0. The molecule has 2 aromatic rings. The van der Waals surface area contributed by atoms with Gasteiger partial charge in [-0.2, -0.15) is 0 Å². The molecule has 148 valence electrons. The Bertz CT molecular complexity index is 937. The number of hydrogen-bond acceptors (Lipinski definition) is 0. The van der Waals surface area contributed by atoms with Crippen LogP contribution in [0.1, 0.15) is 67.2 Å². The largest absolute Gasteiger partial charge is 0.203 e. The van der Waals surface area contributed by atoms with Gasteiger partial charge in [0.1, 0.15) is 0 Å². The van der Waals surface area contributed by atoms with Gasteiger partial charge in [-0.25, -0.2) is 17.6 Å². The molecule has 0 bridgehead atoms. The average Bonchev–Trinajstić information content (AvgIpc) is 3.07. The lowest BCUT2D eigenvalue weighted by molar-refractivity contribution is 0.364. The fourth-order valence-electron chi connectivity index (χ4n) is 4.88. The predicted octanol–water partition coefficient (Wildman–Crippen LogP) is 7.23. The molecule has 0 atom stereocenters. The first kappa shape index (κ1) is 19.2. The molecule has 4 heteroatoms. The van der Waals surface area contributed by atoms with Gasteiger partial charge in [-0.15, -0.1) is 6.58 Å². The van der Waals surface area contributed by atoms with E-state index in [0.29, 0.717) is 47.4 Å². The van der Waals surface area contributed by atoms with Gasteiger partial charge in [0, 0.05) is 11.1 Å². The maximum Gasteiger partial charge on any atom is 0.167 e. The van der Waals surface area contributed by atoms with E-state index in [2.05, 4.69) is 6.58 Å². The molecular formula is C24H24F4. The molecule has 2 aromatic carbocycles. The Hall–Kier alpha value is -2.10. The molecule has 0 unspecified atom stereocenters. The first-order chi connectivity index (χ1) is 13.5. The lowest BCUT2D eigenvalue weighted by Gasteiger charge is -2.27. The van der Waals surface area contributed by atoms with Gasteiger partial charge in [-0.3, -0.25) is 0 Å². The van der Waals surface area contributed by atoms with Gasteiger partial charge < -0.3 is 0 Å². The van der Waals surface area contributed by atoms with Crippen LogP contribution in [0.25, 0.3) is 11.1 Å². The second-order valence-corrected chi connectivity index (χ2v) is 8.10. The number of fused-ring (bicyclic) bond motifs is 3. The van der Waals surface area contributed by atoms with Crippen molar-refractivity contribution >= 4 is 0 Å². The van der Waals surface area contributed by atoms with Crippen molar-refractivity contribution in [1.29, 1.82) is 0 Å². The molecule has 2 aliphatic rings. The van der Waals surface area contributed by atoms with Gasteiger partial charge in [0.15, 0.2) is 23.3 Å². The molecule has 0 aromatic heterocycles. The van der Waals surface area contributed by atoms with Crippen molar-refractivity contribution in [2.24, 2.45) is 5.92 Å². The summed E-state index contributed by atoms with van der Waals surface area (Å²) in [5, 5.41) is 0. The number of halogens is 4. The van der Waals surface area contributed by atoms with Gasteiger partial charge >= 0.3 is 0 Å². The Morgan fingerprint density at radius 2 is 1.50 bits per heavy atom. The summed E-state index contributed by atoms with van der Waals surface area (Å²) in [7, 11) is 0. The lowest BCUT2D eigenvalue weighted by atomic mass is 9.78. The SMILES string of the molecule is C=CC1CCC(c2cc3c(c(F)c2F)-c2c(cc(CCC)c(F)c2F)C3)CC1. The smallest absolute Gasteiger partial charge is 0.167 e. The first-order valence-electron chi connectivity index (χ1n) is 10.1. The number of aryl methyl sites for hydroxylation is 1. The molecule has 1 saturated carbocycles. The van der Waals surface area contributed by atoms with E-state index in [1.165, 1.54) is 0 Å². The van der Waals surface area contributed by atoms with Crippen LogP contribution in [0, 0.1) is 29.2 Å². The molecule has 0 amide bonds. The standard InChI is InChI=1S/C24H24F4/c1-3-5-15-10-16-11-17-12-18(14-8-6-13(4-2)7-9-14)22(26)24(28)20(17)19(16)23(27)21(15)25/h4,10,12-14H,2-3,5-9,11H2,1H3. The highest BCUT2D eigenvalue weighted by Gasteiger charge is 2.33. The predicted molar refractivity (Wildman–Crippen MR) is 103 cm³/mol. The summed E-state index contributed by atoms with van der Waals surface area (Å²) < 4.78 is 59.1. The minimum absolute atomic E-state index is 0.0445. The molecule has 0 aliphatic heterocycles. The molecule has 28 heavy (non-hydrogen) atoms. The van der Waals surface area contributed by atoms with Crippen LogP contribution in [-0.4, -0.2) is 0 Å². The van der Waals surface area contributed by atoms with E-state index in [0.717, 1.165) is 25.7 Å². The molecule has 0 N–H and O–H groups in total. The Balaban J connectivity index is 1.77. The second kappa shape index (κ2) is 7.38. The summed E-state index contributed by atoms with van der Waals surface area (Å²) >= 11 is 0. The number of rotatable bonds is 4. The molecular weight excluding hydrogens is 364 g/mol. The molecule has 0 heterocycles. The van der Waals surface area contributed by atoms with Crippen molar-refractivity contribution < 1.29 is 17.6 Å². The Kier molecular flexibility index (Phi) is 5.07. The maximum absolute atomic E-state index is 15.0. The van der Waals surface area contributed by atoms with E-state index < -0.39 is 23.3 Å². The third-order valence-electron chi connectivity index (χ3n) is 6.38. The van der Waals surface area contributed by atoms with E-state index in [9.17, 15) is 13.2 Å². The van der Waals surface area contributed by atoms with Crippen molar-refractivity contribution in [2.75, 3.05) is 0 Å². The van der Waals surface area contributed by atoms with Crippen molar-refractivity contribution in [1.82, 2.24) is 0 Å². The van der Waals surface area contributed by atoms with Crippen LogP contribution < -0.4 is 0 Å². The Morgan fingerprint density at radius 3 is 2.11 bits per heavy atom. The molecule has 0 saturated heterocycles. The van der Waals surface area contributed by atoms with E-state index in [4.69, 9.17) is 0 Å². The third kappa shape index (κ3) is 2.98. The molecule has 0 spiro atoms. The summed E-state index contributed by atoms with van der Waals surface area (Å²) in [6.07, 6.45) is 6.72. The van der Waals surface area contributed by atoms with Gasteiger partial charge in [-0.1, -0.05) is 31.6 Å². The van der Waals surface area contributed by atoms with Crippen LogP contribution in [0.15, 0.2) is 24.8 Å². The summed E-state index contributed by atoms with van der Waals surface area (Å²) in [5.74, 6) is -3.57. The van der Waals surface area contributed by atoms with Crippen LogP contribution >= 0.6 is 0 Å². The Labute approximate surface area is 163 Å². The van der Waals surface area contributed by atoms with Crippen LogP contribution in [0.4, 0.5) is 17.6 Å². The molecule has 0 nitrogen and oxygen atoms in total. The summed E-state index contributed by atoms with van der Waals surface area (Å²) in [6.45, 7) is 5.71. The highest BCUT2D eigenvalue weighted by Crippen LogP contribution is 2.46. The normalized spacial score (nSPS) is 20.8.